The molecule has 2 rings (SSSR count). The quantitative estimate of drug-likeness (QED) is 0.836. The fourth-order valence-corrected chi connectivity index (χ4v) is 2.93. The Bertz CT molecular complexity index is 504. The molecular weight excluding hydrogens is 280 g/mol. The van der Waals surface area contributed by atoms with Crippen LogP contribution in [-0.2, 0) is 5.41 Å². The van der Waals surface area contributed by atoms with Gasteiger partial charge in [0.2, 0.25) is 0 Å². The average Bonchev–Trinajstić information content (AvgIpc) is 3.19. The molecule has 1 heterocycles. The highest BCUT2D eigenvalue weighted by Gasteiger charge is 2.41. The van der Waals surface area contributed by atoms with Crippen LogP contribution in [0.3, 0.4) is 0 Å². The van der Waals surface area contributed by atoms with Crippen LogP contribution in [0.2, 0.25) is 0 Å². The van der Waals surface area contributed by atoms with Gasteiger partial charge in [0, 0.05) is 28.8 Å². The maximum Gasteiger partial charge on any atom is 0.138 e. The van der Waals surface area contributed by atoms with Gasteiger partial charge in [0.05, 0.1) is 0 Å². The Balaban J connectivity index is 2.27. The maximum absolute atomic E-state index is 4.78. The van der Waals surface area contributed by atoms with Crippen molar-refractivity contribution in [3.63, 3.8) is 0 Å². The molecule has 21 heavy (non-hydrogen) atoms. The highest BCUT2D eigenvalue weighted by atomic mass is 32.2. The highest BCUT2D eigenvalue weighted by molar-refractivity contribution is 8.00. The van der Waals surface area contributed by atoms with Gasteiger partial charge in [-0.15, -0.1) is 0 Å². The van der Waals surface area contributed by atoms with Gasteiger partial charge in [-0.2, -0.15) is 11.8 Å². The van der Waals surface area contributed by atoms with Crippen molar-refractivity contribution in [2.24, 2.45) is 0 Å². The first kappa shape index (κ1) is 16.4. The lowest BCUT2D eigenvalue weighted by Gasteiger charge is -2.22. The molecule has 1 aliphatic rings. The van der Waals surface area contributed by atoms with Gasteiger partial charge in [-0.05, 0) is 32.9 Å². The van der Waals surface area contributed by atoms with Crippen molar-refractivity contribution in [2.45, 2.75) is 57.6 Å². The molecule has 0 spiro atoms. The fourth-order valence-electron chi connectivity index (χ4n) is 2.20. The van der Waals surface area contributed by atoms with E-state index in [1.807, 2.05) is 11.8 Å². The molecule has 0 aliphatic heterocycles. The SMILES string of the molecule is CCNc1nc(C(C)(C)C)nc(NCC2(SC)CC2)c1C. The Labute approximate surface area is 132 Å². The Morgan fingerprint density at radius 3 is 2.14 bits per heavy atom. The minimum Gasteiger partial charge on any atom is -0.370 e. The molecule has 0 atom stereocenters. The molecule has 1 saturated carbocycles. The summed E-state index contributed by atoms with van der Waals surface area (Å²) in [6.07, 6.45) is 4.81. The van der Waals surface area contributed by atoms with Gasteiger partial charge >= 0.3 is 0 Å². The summed E-state index contributed by atoms with van der Waals surface area (Å²) in [5, 5.41) is 6.93. The predicted octanol–water partition coefficient (Wildman–Crippen LogP) is 3.82. The van der Waals surface area contributed by atoms with Crippen molar-refractivity contribution in [2.75, 3.05) is 30.0 Å². The third kappa shape index (κ3) is 3.82. The topological polar surface area (TPSA) is 49.8 Å². The van der Waals surface area contributed by atoms with E-state index in [2.05, 4.69) is 51.5 Å². The lowest BCUT2D eigenvalue weighted by molar-refractivity contribution is 0.546. The fraction of sp³-hybridized carbons (Fsp3) is 0.750. The number of hydrogen-bond acceptors (Lipinski definition) is 5. The molecule has 1 aliphatic carbocycles. The van der Waals surface area contributed by atoms with Crippen molar-refractivity contribution in [3.8, 4) is 0 Å². The molecule has 1 aromatic rings. The number of nitrogens with zero attached hydrogens (tertiary/aromatic N) is 2. The van der Waals surface area contributed by atoms with Crippen molar-refractivity contribution in [1.29, 1.82) is 0 Å². The number of nitrogens with one attached hydrogen (secondary N) is 2. The van der Waals surface area contributed by atoms with Crippen LogP contribution in [0.25, 0.3) is 0 Å². The second kappa shape index (κ2) is 6.03. The molecule has 0 amide bonds. The number of rotatable bonds is 6. The van der Waals surface area contributed by atoms with Crippen molar-refractivity contribution in [1.82, 2.24) is 9.97 Å². The minimum atomic E-state index is -0.0505. The lowest BCUT2D eigenvalue weighted by Crippen LogP contribution is -2.23. The summed E-state index contributed by atoms with van der Waals surface area (Å²) in [7, 11) is 0. The zero-order chi connectivity index (χ0) is 15.7. The third-order valence-corrected chi connectivity index (χ3v) is 5.40. The van der Waals surface area contributed by atoms with E-state index in [1.165, 1.54) is 12.8 Å². The molecule has 0 radical (unpaired) electrons. The molecule has 5 heteroatoms. The normalized spacial score (nSPS) is 16.7. The van der Waals surface area contributed by atoms with Crippen molar-refractivity contribution in [3.05, 3.63) is 11.4 Å². The summed E-state index contributed by atoms with van der Waals surface area (Å²) in [6, 6.07) is 0. The summed E-state index contributed by atoms with van der Waals surface area (Å²) < 4.78 is 0.428. The number of hydrogen-bond donors (Lipinski definition) is 2. The number of aromatic nitrogens is 2. The van der Waals surface area contributed by atoms with E-state index in [1.54, 1.807) is 0 Å². The second-order valence-electron chi connectivity index (χ2n) is 6.89. The zero-order valence-electron chi connectivity index (χ0n) is 14.1. The molecule has 0 aromatic carbocycles. The molecule has 4 nitrogen and oxygen atoms in total. The predicted molar refractivity (Wildman–Crippen MR) is 93.6 cm³/mol. The smallest absolute Gasteiger partial charge is 0.138 e. The third-order valence-electron chi connectivity index (χ3n) is 3.98. The van der Waals surface area contributed by atoms with Crippen LogP contribution < -0.4 is 10.6 Å². The molecule has 1 aromatic heterocycles. The summed E-state index contributed by atoms with van der Waals surface area (Å²) in [5.74, 6) is 2.82. The van der Waals surface area contributed by atoms with E-state index in [9.17, 15) is 0 Å². The van der Waals surface area contributed by atoms with Gasteiger partial charge in [0.1, 0.15) is 17.5 Å². The standard InChI is InChI=1S/C16H28N4S/c1-7-17-12-11(2)13(18-10-16(21-6)8-9-16)20-14(19-12)15(3,4)5/h7-10H2,1-6H3,(H2,17,18,19,20). The summed E-state index contributed by atoms with van der Waals surface area (Å²) in [5.41, 5.74) is 1.06. The van der Waals surface area contributed by atoms with Crippen LogP contribution >= 0.6 is 11.8 Å². The van der Waals surface area contributed by atoms with Crippen LogP contribution in [-0.4, -0.2) is 34.1 Å². The van der Waals surface area contributed by atoms with Crippen LogP contribution in [0.5, 0.6) is 0 Å². The summed E-state index contributed by atoms with van der Waals surface area (Å²) in [4.78, 5) is 9.49. The Morgan fingerprint density at radius 2 is 1.71 bits per heavy atom. The molecule has 0 bridgehead atoms. The van der Waals surface area contributed by atoms with Gasteiger partial charge in [-0.25, -0.2) is 9.97 Å². The van der Waals surface area contributed by atoms with E-state index < -0.39 is 0 Å². The van der Waals surface area contributed by atoms with Crippen LogP contribution in [0.4, 0.5) is 11.6 Å². The number of anilines is 2. The largest absolute Gasteiger partial charge is 0.370 e. The molecular formula is C16H28N4S. The molecule has 2 N–H and O–H groups in total. The summed E-state index contributed by atoms with van der Waals surface area (Å²) >= 11 is 1.97. The van der Waals surface area contributed by atoms with Crippen molar-refractivity contribution < 1.29 is 0 Å². The monoisotopic (exact) mass is 308 g/mol. The Kier molecular flexibility index (Phi) is 4.71. The Morgan fingerprint density at radius 1 is 1.14 bits per heavy atom. The zero-order valence-corrected chi connectivity index (χ0v) is 14.9. The lowest BCUT2D eigenvalue weighted by atomic mass is 9.95. The highest BCUT2D eigenvalue weighted by Crippen LogP contribution is 2.47. The molecule has 118 valence electrons. The van der Waals surface area contributed by atoms with Gasteiger partial charge in [0.25, 0.3) is 0 Å². The van der Waals surface area contributed by atoms with Crippen LogP contribution in [0.1, 0.15) is 51.9 Å². The van der Waals surface area contributed by atoms with Gasteiger partial charge in [-0.1, -0.05) is 20.8 Å². The second-order valence-corrected chi connectivity index (χ2v) is 8.16. The average molecular weight is 308 g/mol. The first-order valence-electron chi connectivity index (χ1n) is 7.73. The number of thioether (sulfide) groups is 1. The molecule has 0 saturated heterocycles. The molecule has 1 fully saturated rings. The van der Waals surface area contributed by atoms with Gasteiger partial charge < -0.3 is 10.6 Å². The van der Waals surface area contributed by atoms with E-state index in [4.69, 9.17) is 9.97 Å². The maximum atomic E-state index is 4.78. The van der Waals surface area contributed by atoms with E-state index in [0.717, 1.165) is 36.1 Å². The minimum absolute atomic E-state index is 0.0505. The first-order chi connectivity index (χ1) is 9.81. The van der Waals surface area contributed by atoms with Crippen molar-refractivity contribution >= 4 is 23.4 Å². The van der Waals surface area contributed by atoms with Gasteiger partial charge in [-0.3, -0.25) is 0 Å². The van der Waals surface area contributed by atoms with Crippen LogP contribution in [0.15, 0.2) is 0 Å². The van der Waals surface area contributed by atoms with Gasteiger partial charge in [0.15, 0.2) is 0 Å². The first-order valence-corrected chi connectivity index (χ1v) is 8.96. The van der Waals surface area contributed by atoms with Crippen LogP contribution in [0, 0.1) is 6.92 Å². The Hall–Kier alpha value is -0.970. The van der Waals surface area contributed by atoms with E-state index in [-0.39, 0.29) is 5.41 Å². The molecule has 0 unspecified atom stereocenters. The summed E-state index contributed by atoms with van der Waals surface area (Å²) in [6.45, 7) is 12.5. The van der Waals surface area contributed by atoms with E-state index in [0.29, 0.717) is 4.75 Å². The van der Waals surface area contributed by atoms with E-state index >= 15 is 0 Å².